The first-order valence-electron chi connectivity index (χ1n) is 5.18. The van der Waals surface area contributed by atoms with E-state index < -0.39 is 0 Å². The molecule has 1 unspecified atom stereocenters. The highest BCUT2D eigenvalue weighted by Gasteiger charge is 2.15. The largest absolute Gasteiger partial charge is 0.341 e. The Balaban J connectivity index is 2.07. The van der Waals surface area contributed by atoms with Crippen LogP contribution in [0.3, 0.4) is 0 Å². The number of amides is 1. The number of nitrogens with zero attached hydrogens (tertiary/aromatic N) is 4. The lowest BCUT2D eigenvalue weighted by molar-refractivity contribution is 0.0933. The average molecular weight is 248 g/mol. The van der Waals surface area contributed by atoms with E-state index in [2.05, 4.69) is 36.4 Å². The molecular weight excluding hydrogens is 236 g/mol. The number of rotatable bonds is 4. The fourth-order valence-corrected chi connectivity index (χ4v) is 1.33. The summed E-state index contributed by atoms with van der Waals surface area (Å²) in [6.45, 7) is 1.74. The van der Waals surface area contributed by atoms with E-state index in [0.29, 0.717) is 11.6 Å². The molecule has 18 heavy (non-hydrogen) atoms. The molecule has 1 atom stereocenters. The van der Waals surface area contributed by atoms with Crippen LogP contribution in [-0.2, 0) is 0 Å². The highest BCUT2D eigenvalue weighted by Crippen LogP contribution is 2.07. The average Bonchev–Trinajstić information content (AvgIpc) is 2.92. The van der Waals surface area contributed by atoms with Crippen molar-refractivity contribution in [3.05, 3.63) is 29.7 Å². The zero-order chi connectivity index (χ0) is 13.0. The van der Waals surface area contributed by atoms with Crippen molar-refractivity contribution in [1.82, 2.24) is 30.9 Å². The molecule has 94 valence electrons. The molecule has 0 aliphatic rings. The van der Waals surface area contributed by atoms with Gasteiger partial charge < -0.3 is 10.7 Å². The number of carbonyl (C=O) groups is 1. The van der Waals surface area contributed by atoms with E-state index in [1.165, 1.54) is 0 Å². The molecule has 2 aromatic heterocycles. The third kappa shape index (κ3) is 2.58. The van der Waals surface area contributed by atoms with Crippen LogP contribution in [0.4, 0.5) is 5.82 Å². The molecule has 9 heteroatoms. The molecule has 0 aromatic carbocycles. The fourth-order valence-electron chi connectivity index (χ4n) is 1.33. The van der Waals surface area contributed by atoms with Crippen molar-refractivity contribution in [1.29, 1.82) is 0 Å². The SMILES string of the molecule is CC(NC(=O)c1cccc(NN)n1)c1nn[nH]n1. The predicted molar refractivity (Wildman–Crippen MR) is 62.1 cm³/mol. The van der Waals surface area contributed by atoms with Gasteiger partial charge in [0, 0.05) is 0 Å². The van der Waals surface area contributed by atoms with Gasteiger partial charge in [-0.05, 0) is 19.1 Å². The first-order valence-corrected chi connectivity index (χ1v) is 5.18. The van der Waals surface area contributed by atoms with E-state index in [-0.39, 0.29) is 17.6 Å². The Morgan fingerprint density at radius 2 is 2.33 bits per heavy atom. The van der Waals surface area contributed by atoms with Crippen LogP contribution in [0.1, 0.15) is 29.3 Å². The van der Waals surface area contributed by atoms with Gasteiger partial charge in [-0.1, -0.05) is 11.3 Å². The number of nitrogens with two attached hydrogens (primary N) is 1. The lowest BCUT2D eigenvalue weighted by Gasteiger charge is -2.09. The molecule has 5 N–H and O–H groups in total. The first-order chi connectivity index (χ1) is 8.70. The van der Waals surface area contributed by atoms with Gasteiger partial charge in [-0.25, -0.2) is 10.8 Å². The summed E-state index contributed by atoms with van der Waals surface area (Å²) in [7, 11) is 0. The van der Waals surface area contributed by atoms with Crippen molar-refractivity contribution < 1.29 is 4.79 Å². The second kappa shape index (κ2) is 5.19. The van der Waals surface area contributed by atoms with Crippen molar-refractivity contribution in [2.24, 2.45) is 5.84 Å². The van der Waals surface area contributed by atoms with Crippen LogP contribution < -0.4 is 16.6 Å². The number of hydrazine groups is 1. The number of aromatic nitrogens is 5. The summed E-state index contributed by atoms with van der Waals surface area (Å²) in [5.41, 5.74) is 2.62. The van der Waals surface area contributed by atoms with Crippen molar-refractivity contribution >= 4 is 11.7 Å². The highest BCUT2D eigenvalue weighted by molar-refractivity contribution is 5.92. The van der Waals surface area contributed by atoms with Crippen LogP contribution in [0.15, 0.2) is 18.2 Å². The number of hydrogen-bond donors (Lipinski definition) is 4. The van der Waals surface area contributed by atoms with E-state index in [0.717, 1.165) is 0 Å². The second-order valence-corrected chi connectivity index (χ2v) is 3.52. The molecule has 0 saturated heterocycles. The minimum Gasteiger partial charge on any atom is -0.341 e. The number of nitrogen functional groups attached to an aromatic ring is 1. The molecule has 0 saturated carbocycles. The normalized spacial score (nSPS) is 11.9. The Morgan fingerprint density at radius 3 is 3.00 bits per heavy atom. The maximum absolute atomic E-state index is 11.9. The van der Waals surface area contributed by atoms with E-state index in [9.17, 15) is 4.79 Å². The van der Waals surface area contributed by atoms with Gasteiger partial charge in [-0.2, -0.15) is 5.21 Å². The third-order valence-electron chi connectivity index (χ3n) is 2.23. The van der Waals surface area contributed by atoms with Gasteiger partial charge in [0.05, 0.1) is 6.04 Å². The summed E-state index contributed by atoms with van der Waals surface area (Å²) in [5, 5.41) is 16.0. The maximum Gasteiger partial charge on any atom is 0.270 e. The molecule has 0 aliphatic heterocycles. The molecule has 0 aliphatic carbocycles. The van der Waals surface area contributed by atoms with Gasteiger partial charge in [0.1, 0.15) is 11.5 Å². The van der Waals surface area contributed by atoms with Crippen LogP contribution in [-0.4, -0.2) is 31.5 Å². The van der Waals surface area contributed by atoms with Crippen LogP contribution >= 0.6 is 0 Å². The number of carbonyl (C=O) groups excluding carboxylic acids is 1. The summed E-state index contributed by atoms with van der Waals surface area (Å²) in [6, 6.07) is 4.54. The standard InChI is InChI=1S/C9H12N8O/c1-5(8-14-16-17-15-8)11-9(18)6-3-2-4-7(12-6)13-10/h2-5H,10H2,1H3,(H,11,18)(H,12,13)(H,14,15,16,17). The molecule has 0 radical (unpaired) electrons. The molecule has 0 fully saturated rings. The molecule has 2 rings (SSSR count). The fraction of sp³-hybridized carbons (Fsp3) is 0.222. The quantitative estimate of drug-likeness (QED) is 0.418. The molecular formula is C9H12N8O. The van der Waals surface area contributed by atoms with E-state index in [1.807, 2.05) is 0 Å². The van der Waals surface area contributed by atoms with E-state index in [1.54, 1.807) is 25.1 Å². The molecule has 0 bridgehead atoms. The van der Waals surface area contributed by atoms with Crippen LogP contribution in [0.25, 0.3) is 0 Å². The Kier molecular flexibility index (Phi) is 3.44. The lowest BCUT2D eigenvalue weighted by atomic mass is 10.3. The number of H-pyrrole nitrogens is 1. The molecule has 0 spiro atoms. The minimum absolute atomic E-state index is 0.251. The third-order valence-corrected chi connectivity index (χ3v) is 2.23. The summed E-state index contributed by atoms with van der Waals surface area (Å²) in [6.07, 6.45) is 0. The minimum atomic E-state index is -0.368. The Labute approximate surface area is 102 Å². The molecule has 2 aromatic rings. The number of tetrazole rings is 1. The predicted octanol–water partition coefficient (Wildman–Crippen LogP) is -0.629. The number of anilines is 1. The van der Waals surface area contributed by atoms with E-state index >= 15 is 0 Å². The van der Waals surface area contributed by atoms with Crippen molar-refractivity contribution in [2.45, 2.75) is 13.0 Å². The van der Waals surface area contributed by atoms with Gasteiger partial charge >= 0.3 is 0 Å². The number of aromatic amines is 1. The monoisotopic (exact) mass is 248 g/mol. The molecule has 9 nitrogen and oxygen atoms in total. The summed E-state index contributed by atoms with van der Waals surface area (Å²) in [5.74, 6) is 5.69. The summed E-state index contributed by atoms with van der Waals surface area (Å²) in [4.78, 5) is 15.9. The van der Waals surface area contributed by atoms with Crippen molar-refractivity contribution in [3.8, 4) is 0 Å². The summed E-state index contributed by atoms with van der Waals surface area (Å²) >= 11 is 0. The topological polar surface area (TPSA) is 134 Å². The Morgan fingerprint density at radius 1 is 1.50 bits per heavy atom. The van der Waals surface area contributed by atoms with Gasteiger partial charge in [0.2, 0.25) is 0 Å². The smallest absolute Gasteiger partial charge is 0.270 e. The maximum atomic E-state index is 11.9. The number of nitrogens with one attached hydrogen (secondary N) is 3. The lowest BCUT2D eigenvalue weighted by Crippen LogP contribution is -2.28. The van der Waals surface area contributed by atoms with Gasteiger partial charge in [-0.3, -0.25) is 4.79 Å². The van der Waals surface area contributed by atoms with Gasteiger partial charge in [0.25, 0.3) is 5.91 Å². The number of hydrogen-bond acceptors (Lipinski definition) is 7. The molecule has 1 amide bonds. The Bertz CT molecular complexity index is 525. The summed E-state index contributed by atoms with van der Waals surface area (Å²) < 4.78 is 0. The van der Waals surface area contributed by atoms with Crippen LogP contribution in [0.2, 0.25) is 0 Å². The van der Waals surface area contributed by atoms with Crippen LogP contribution in [0.5, 0.6) is 0 Å². The zero-order valence-corrected chi connectivity index (χ0v) is 9.58. The zero-order valence-electron chi connectivity index (χ0n) is 9.58. The van der Waals surface area contributed by atoms with Gasteiger partial charge in [-0.15, -0.1) is 10.2 Å². The molecule has 2 heterocycles. The number of pyridine rings is 1. The first kappa shape index (κ1) is 11.9. The Hall–Kier alpha value is -2.55. The second-order valence-electron chi connectivity index (χ2n) is 3.52. The van der Waals surface area contributed by atoms with E-state index in [4.69, 9.17) is 5.84 Å². The van der Waals surface area contributed by atoms with Crippen LogP contribution in [0, 0.1) is 0 Å². The van der Waals surface area contributed by atoms with Gasteiger partial charge in [0.15, 0.2) is 5.82 Å². The highest BCUT2D eigenvalue weighted by atomic mass is 16.1. The van der Waals surface area contributed by atoms with Crippen molar-refractivity contribution in [3.63, 3.8) is 0 Å². The van der Waals surface area contributed by atoms with Crippen molar-refractivity contribution in [2.75, 3.05) is 5.43 Å².